The van der Waals surface area contributed by atoms with Crippen molar-refractivity contribution < 1.29 is 9.59 Å². The number of terminal acetylenes is 1. The Morgan fingerprint density at radius 1 is 1.22 bits per heavy atom. The van der Waals surface area contributed by atoms with Crippen molar-refractivity contribution in [2.45, 2.75) is 45.2 Å². The second-order valence-electron chi connectivity index (χ2n) is 9.66. The summed E-state index contributed by atoms with van der Waals surface area (Å²) >= 11 is 0. The fourth-order valence-corrected chi connectivity index (χ4v) is 5.49. The lowest BCUT2D eigenvalue weighted by Gasteiger charge is -2.33. The number of carbonyl (C=O) groups excluding carboxylic acids is 2. The van der Waals surface area contributed by atoms with Crippen molar-refractivity contribution in [2.24, 2.45) is 17.3 Å². The fourth-order valence-electron chi connectivity index (χ4n) is 5.49. The topological polar surface area (TPSA) is 65.5 Å². The molecule has 1 aromatic rings. The van der Waals surface area contributed by atoms with Gasteiger partial charge in [-0.3, -0.25) is 9.78 Å². The number of likely N-dealkylation sites (tertiary alicyclic amines) is 1. The molecule has 6 nitrogen and oxygen atoms in total. The lowest BCUT2D eigenvalue weighted by atomic mass is 9.90. The second-order valence-corrected chi connectivity index (χ2v) is 9.66. The largest absolute Gasteiger partial charge is 0.342 e. The van der Waals surface area contributed by atoms with Gasteiger partial charge in [-0.15, -0.1) is 6.42 Å². The number of hydrogen-bond acceptors (Lipinski definition) is 3. The molecule has 1 saturated carbocycles. The first-order chi connectivity index (χ1) is 15.6. The Morgan fingerprint density at radius 2 is 2.03 bits per heavy atom. The van der Waals surface area contributed by atoms with Crippen LogP contribution in [0, 0.1) is 29.6 Å². The van der Waals surface area contributed by atoms with Crippen molar-refractivity contribution >= 4 is 11.9 Å². The van der Waals surface area contributed by atoms with Crippen LogP contribution in [-0.4, -0.2) is 46.4 Å². The van der Waals surface area contributed by atoms with Crippen LogP contribution in [0.3, 0.4) is 0 Å². The summed E-state index contributed by atoms with van der Waals surface area (Å²) in [6.07, 6.45) is 19.8. The van der Waals surface area contributed by atoms with Gasteiger partial charge in [0.25, 0.3) is 0 Å². The highest BCUT2D eigenvalue weighted by molar-refractivity contribution is 5.79. The quantitative estimate of drug-likeness (QED) is 0.746. The Hall–Kier alpha value is -3.07. The van der Waals surface area contributed by atoms with Gasteiger partial charge in [0, 0.05) is 51.0 Å². The Bertz CT molecular complexity index is 988. The number of pyridine rings is 1. The molecule has 2 fully saturated rings. The van der Waals surface area contributed by atoms with Crippen LogP contribution in [0.25, 0.3) is 0 Å². The highest BCUT2D eigenvalue weighted by Gasteiger charge is 2.54. The molecule has 0 bridgehead atoms. The van der Waals surface area contributed by atoms with Gasteiger partial charge in [-0.05, 0) is 59.8 Å². The number of amides is 3. The number of rotatable bonds is 4. The number of allylic oxidation sites excluding steroid dienone is 3. The van der Waals surface area contributed by atoms with E-state index in [0.29, 0.717) is 30.8 Å². The maximum absolute atomic E-state index is 12.8. The number of nitrogens with one attached hydrogen (secondary N) is 1. The summed E-state index contributed by atoms with van der Waals surface area (Å²) in [6.45, 7) is 3.64. The number of piperidine rings is 1. The fraction of sp³-hybridized carbons (Fsp3) is 0.500. The molecule has 3 amide bonds. The molecule has 166 valence electrons. The minimum atomic E-state index is 0.00921. The van der Waals surface area contributed by atoms with Crippen molar-refractivity contribution in [3.63, 3.8) is 0 Å². The lowest BCUT2D eigenvalue weighted by Crippen LogP contribution is -2.41. The highest BCUT2D eigenvalue weighted by atomic mass is 16.2. The molecule has 5 rings (SSSR count). The third-order valence-electron chi connectivity index (χ3n) is 7.69. The van der Waals surface area contributed by atoms with Gasteiger partial charge in [-0.1, -0.05) is 24.1 Å². The predicted molar refractivity (Wildman–Crippen MR) is 122 cm³/mol. The molecular weight excluding hydrogens is 400 g/mol. The van der Waals surface area contributed by atoms with E-state index in [1.807, 2.05) is 28.1 Å². The zero-order valence-electron chi connectivity index (χ0n) is 18.4. The molecule has 1 saturated heterocycles. The maximum Gasteiger partial charge on any atom is 0.318 e. The molecular formula is C26H30N4O2. The highest BCUT2D eigenvalue weighted by Crippen LogP contribution is 2.59. The number of hydrogen-bond donors (Lipinski definition) is 1. The molecule has 0 aromatic carbocycles. The Morgan fingerprint density at radius 3 is 2.81 bits per heavy atom. The second kappa shape index (κ2) is 8.46. The number of urea groups is 1. The van der Waals surface area contributed by atoms with E-state index in [0.717, 1.165) is 56.5 Å². The van der Waals surface area contributed by atoms with Crippen molar-refractivity contribution in [1.29, 1.82) is 0 Å². The smallest absolute Gasteiger partial charge is 0.318 e. The van der Waals surface area contributed by atoms with Crippen LogP contribution in [0.15, 0.2) is 42.3 Å². The normalized spacial score (nSPS) is 25.2. The summed E-state index contributed by atoms with van der Waals surface area (Å²) in [4.78, 5) is 33.4. The van der Waals surface area contributed by atoms with Gasteiger partial charge in [-0.25, -0.2) is 4.79 Å². The van der Waals surface area contributed by atoms with Crippen LogP contribution < -0.4 is 5.32 Å². The third-order valence-corrected chi connectivity index (χ3v) is 7.69. The summed E-state index contributed by atoms with van der Waals surface area (Å²) in [5.74, 6) is 3.60. The molecule has 3 heterocycles. The standard InChI is InChI=1S/C26H30N4O2/c1-2-19-4-3-5-20(12-19)13-24(31)29-10-7-26(8-11-29)14-23(26)16-28-25(32)30-17-21-6-9-27-15-22(21)18-30/h1,3,5-6,9,12,15,19,23H,4,7-8,10-11,13-14,16-18H2,(H,28,32). The molecule has 2 atom stereocenters. The van der Waals surface area contributed by atoms with Crippen molar-refractivity contribution in [2.75, 3.05) is 19.6 Å². The lowest BCUT2D eigenvalue weighted by molar-refractivity contribution is -0.132. The average molecular weight is 431 g/mol. The molecule has 2 aliphatic heterocycles. The van der Waals surface area contributed by atoms with Gasteiger partial charge in [0.1, 0.15) is 0 Å². The first-order valence-corrected chi connectivity index (χ1v) is 11.6. The summed E-state index contributed by atoms with van der Waals surface area (Å²) in [7, 11) is 0. The molecule has 2 aliphatic carbocycles. The minimum absolute atomic E-state index is 0.00921. The first-order valence-electron chi connectivity index (χ1n) is 11.6. The zero-order valence-corrected chi connectivity index (χ0v) is 18.4. The molecule has 1 N–H and O–H groups in total. The summed E-state index contributed by atoms with van der Waals surface area (Å²) in [5, 5.41) is 3.15. The van der Waals surface area contributed by atoms with Crippen molar-refractivity contribution in [3.8, 4) is 12.3 Å². The monoisotopic (exact) mass is 430 g/mol. The SMILES string of the molecule is C#CC1C=C(CC(=O)N2CCC3(CC2)CC3CNC(=O)N2Cc3ccncc3C2)C=CC1. The summed E-state index contributed by atoms with van der Waals surface area (Å²) in [5.41, 5.74) is 3.66. The third kappa shape index (κ3) is 4.17. The van der Waals surface area contributed by atoms with Crippen LogP contribution in [0.2, 0.25) is 0 Å². The maximum atomic E-state index is 12.8. The molecule has 6 heteroatoms. The molecule has 1 spiro atoms. The molecule has 2 unspecified atom stereocenters. The van der Waals surface area contributed by atoms with Gasteiger partial charge in [0.05, 0.1) is 6.42 Å². The summed E-state index contributed by atoms with van der Waals surface area (Å²) in [6, 6.07) is 2.00. The Kier molecular flexibility index (Phi) is 5.50. The van der Waals surface area contributed by atoms with Crippen LogP contribution in [0.5, 0.6) is 0 Å². The number of aromatic nitrogens is 1. The van der Waals surface area contributed by atoms with Gasteiger partial charge >= 0.3 is 6.03 Å². The molecule has 1 aromatic heterocycles. The zero-order chi connectivity index (χ0) is 22.1. The molecule has 4 aliphatic rings. The Balaban J connectivity index is 1.06. The van der Waals surface area contributed by atoms with Crippen molar-refractivity contribution in [1.82, 2.24) is 20.1 Å². The van der Waals surface area contributed by atoms with E-state index >= 15 is 0 Å². The minimum Gasteiger partial charge on any atom is -0.342 e. The van der Waals surface area contributed by atoms with Crippen LogP contribution in [0.1, 0.15) is 43.2 Å². The average Bonchev–Trinajstić information content (AvgIpc) is 3.29. The van der Waals surface area contributed by atoms with Crippen LogP contribution >= 0.6 is 0 Å². The molecule has 0 radical (unpaired) electrons. The summed E-state index contributed by atoms with van der Waals surface area (Å²) < 4.78 is 0. The van der Waals surface area contributed by atoms with E-state index in [-0.39, 0.29) is 17.9 Å². The van der Waals surface area contributed by atoms with E-state index in [9.17, 15) is 9.59 Å². The van der Waals surface area contributed by atoms with E-state index < -0.39 is 0 Å². The van der Waals surface area contributed by atoms with Gasteiger partial charge in [0.15, 0.2) is 0 Å². The van der Waals surface area contributed by atoms with Crippen LogP contribution in [0.4, 0.5) is 4.79 Å². The van der Waals surface area contributed by atoms with Crippen molar-refractivity contribution in [3.05, 3.63) is 53.4 Å². The number of nitrogens with zero attached hydrogens (tertiary/aromatic N) is 3. The van der Waals surface area contributed by atoms with Crippen LogP contribution in [-0.2, 0) is 17.9 Å². The predicted octanol–water partition coefficient (Wildman–Crippen LogP) is 3.26. The first kappa shape index (κ1) is 20.8. The van der Waals surface area contributed by atoms with E-state index in [4.69, 9.17) is 6.42 Å². The van der Waals surface area contributed by atoms with Gasteiger partial charge < -0.3 is 15.1 Å². The number of carbonyl (C=O) groups is 2. The Labute approximate surface area is 189 Å². The van der Waals surface area contributed by atoms with E-state index in [1.165, 1.54) is 5.56 Å². The van der Waals surface area contributed by atoms with E-state index in [2.05, 4.69) is 28.4 Å². The number of fused-ring (bicyclic) bond motifs is 1. The van der Waals surface area contributed by atoms with Gasteiger partial charge in [0.2, 0.25) is 5.91 Å². The van der Waals surface area contributed by atoms with Gasteiger partial charge in [-0.2, -0.15) is 0 Å². The molecule has 32 heavy (non-hydrogen) atoms. The van der Waals surface area contributed by atoms with E-state index in [1.54, 1.807) is 6.20 Å².